The average molecular weight is 373 g/mol. The minimum atomic E-state index is -0.795. The molecule has 0 N–H and O–H groups in total. The minimum Gasteiger partial charge on any atom is -0.461 e. The van der Waals surface area contributed by atoms with Gasteiger partial charge in [-0.25, -0.2) is 9.78 Å². The zero-order chi connectivity index (χ0) is 16.8. The molecule has 0 atom stereocenters. The summed E-state index contributed by atoms with van der Waals surface area (Å²) >= 11 is 8.58. The zero-order valence-electron chi connectivity index (χ0n) is 12.4. The van der Waals surface area contributed by atoms with Crippen LogP contribution in [-0.4, -0.2) is 41.9 Å². The number of ether oxygens (including phenoxy) is 1. The second kappa shape index (κ2) is 8.28. The van der Waals surface area contributed by atoms with E-state index < -0.39 is 11.8 Å². The Balaban J connectivity index is 2.06. The molecule has 1 aromatic carbocycles. The Hall–Kier alpha value is -1.64. The van der Waals surface area contributed by atoms with Crippen molar-refractivity contribution in [2.45, 2.75) is 11.3 Å². The first-order valence-corrected chi connectivity index (χ1v) is 8.73. The standard InChI is InChI=1S/C14H13ClN2O4S2/c1-3-21-13(19)12(17-20-2)10(18)7-22-14-16-9-6-8(15)4-5-11(9)23-14/h4-6H,3,7H2,1-2H3/b17-12+. The van der Waals surface area contributed by atoms with E-state index in [2.05, 4.69) is 15.0 Å². The van der Waals surface area contributed by atoms with Gasteiger partial charge in [-0.3, -0.25) is 4.79 Å². The molecule has 0 unspecified atom stereocenters. The lowest BCUT2D eigenvalue weighted by atomic mass is 10.3. The van der Waals surface area contributed by atoms with E-state index in [0.29, 0.717) is 9.36 Å². The number of fused-ring (bicyclic) bond motifs is 1. The van der Waals surface area contributed by atoms with Gasteiger partial charge < -0.3 is 9.57 Å². The molecule has 0 radical (unpaired) electrons. The van der Waals surface area contributed by atoms with E-state index in [4.69, 9.17) is 16.3 Å². The van der Waals surface area contributed by atoms with Gasteiger partial charge in [0.25, 0.3) is 0 Å². The van der Waals surface area contributed by atoms with Crippen molar-refractivity contribution >= 4 is 62.4 Å². The number of ketones is 1. The zero-order valence-corrected chi connectivity index (χ0v) is 14.8. The first kappa shape index (κ1) is 17.7. The van der Waals surface area contributed by atoms with Gasteiger partial charge in [-0.15, -0.1) is 11.3 Å². The summed E-state index contributed by atoms with van der Waals surface area (Å²) in [7, 11) is 1.26. The molecule has 0 amide bonds. The number of thioether (sulfide) groups is 1. The van der Waals surface area contributed by atoms with Crippen LogP contribution in [-0.2, 0) is 19.2 Å². The topological polar surface area (TPSA) is 77.9 Å². The number of nitrogens with zero attached hydrogens (tertiary/aromatic N) is 2. The Kier molecular flexibility index (Phi) is 6.37. The molecule has 0 fully saturated rings. The van der Waals surface area contributed by atoms with E-state index in [1.807, 2.05) is 6.07 Å². The monoisotopic (exact) mass is 372 g/mol. The van der Waals surface area contributed by atoms with E-state index in [9.17, 15) is 9.59 Å². The molecule has 2 aromatic rings. The Morgan fingerprint density at radius 1 is 1.43 bits per heavy atom. The number of hydrogen-bond acceptors (Lipinski definition) is 8. The van der Waals surface area contributed by atoms with Crippen LogP contribution in [0.15, 0.2) is 27.7 Å². The van der Waals surface area contributed by atoms with Crippen LogP contribution in [0.25, 0.3) is 10.2 Å². The molecule has 0 saturated carbocycles. The predicted molar refractivity (Wildman–Crippen MR) is 91.4 cm³/mol. The Labute approximate surface area is 145 Å². The van der Waals surface area contributed by atoms with Crippen LogP contribution in [0.1, 0.15) is 6.92 Å². The molecule has 9 heteroatoms. The maximum atomic E-state index is 12.1. The lowest BCUT2D eigenvalue weighted by molar-refractivity contribution is -0.135. The number of carbonyl (C=O) groups excluding carboxylic acids is 2. The molecule has 122 valence electrons. The molecule has 2 rings (SSSR count). The normalized spacial score (nSPS) is 11.5. The van der Waals surface area contributed by atoms with Gasteiger partial charge in [-0.2, -0.15) is 0 Å². The number of rotatable bonds is 7. The molecular formula is C14H13ClN2O4S2. The highest BCUT2D eigenvalue weighted by Gasteiger charge is 2.23. The summed E-state index contributed by atoms with van der Waals surface area (Å²) in [4.78, 5) is 32.7. The second-order valence-corrected chi connectivity index (χ2v) is 6.84. The van der Waals surface area contributed by atoms with Crippen LogP contribution in [0.2, 0.25) is 5.02 Å². The molecule has 1 heterocycles. The maximum absolute atomic E-state index is 12.1. The Morgan fingerprint density at radius 3 is 2.91 bits per heavy atom. The number of carbonyl (C=O) groups is 2. The lowest BCUT2D eigenvalue weighted by Gasteiger charge is -2.03. The number of benzene rings is 1. The lowest BCUT2D eigenvalue weighted by Crippen LogP contribution is -2.28. The Bertz CT molecular complexity index is 760. The van der Waals surface area contributed by atoms with Crippen LogP contribution >= 0.6 is 34.7 Å². The number of Topliss-reactive ketones (excluding diaryl/α,β-unsaturated/α-hetero) is 1. The average Bonchev–Trinajstić information content (AvgIpc) is 2.92. The first-order valence-electron chi connectivity index (χ1n) is 6.55. The largest absolute Gasteiger partial charge is 0.461 e. The Morgan fingerprint density at radius 2 is 2.22 bits per heavy atom. The molecule has 0 spiro atoms. The molecule has 1 aromatic heterocycles. The van der Waals surface area contributed by atoms with Gasteiger partial charge in [0, 0.05) is 5.02 Å². The van der Waals surface area contributed by atoms with E-state index in [0.717, 1.165) is 10.2 Å². The number of thiazole rings is 1. The highest BCUT2D eigenvalue weighted by molar-refractivity contribution is 8.01. The summed E-state index contributed by atoms with van der Waals surface area (Å²) in [5.41, 5.74) is 0.416. The second-order valence-electron chi connectivity index (χ2n) is 4.15. The summed E-state index contributed by atoms with van der Waals surface area (Å²) in [6.45, 7) is 1.80. The van der Waals surface area contributed by atoms with Crippen molar-refractivity contribution < 1.29 is 19.2 Å². The SMILES string of the molecule is CCOC(=O)/C(=N/OC)C(=O)CSc1nc2cc(Cl)ccc2s1. The van der Waals surface area contributed by atoms with Crippen LogP contribution in [0.5, 0.6) is 0 Å². The molecule has 0 aliphatic carbocycles. The highest BCUT2D eigenvalue weighted by atomic mass is 35.5. The highest BCUT2D eigenvalue weighted by Crippen LogP contribution is 2.31. The van der Waals surface area contributed by atoms with Crippen LogP contribution in [0.3, 0.4) is 0 Å². The predicted octanol–water partition coefficient (Wildman–Crippen LogP) is 3.18. The van der Waals surface area contributed by atoms with Crippen molar-refractivity contribution in [3.63, 3.8) is 0 Å². The van der Waals surface area contributed by atoms with Crippen molar-refractivity contribution in [3.05, 3.63) is 23.2 Å². The van der Waals surface area contributed by atoms with Crippen molar-refractivity contribution in [1.29, 1.82) is 0 Å². The third-order valence-electron chi connectivity index (χ3n) is 2.57. The van der Waals surface area contributed by atoms with E-state index >= 15 is 0 Å². The van der Waals surface area contributed by atoms with Crippen molar-refractivity contribution in [2.24, 2.45) is 5.16 Å². The molecule has 0 aliphatic rings. The van der Waals surface area contributed by atoms with Gasteiger partial charge in [0.05, 0.1) is 22.6 Å². The van der Waals surface area contributed by atoms with Gasteiger partial charge >= 0.3 is 5.97 Å². The van der Waals surface area contributed by atoms with Crippen molar-refractivity contribution in [1.82, 2.24) is 4.98 Å². The number of aromatic nitrogens is 1. The summed E-state index contributed by atoms with van der Waals surface area (Å²) in [5, 5.41) is 4.06. The maximum Gasteiger partial charge on any atom is 0.364 e. The number of halogens is 1. The number of esters is 1. The van der Waals surface area contributed by atoms with E-state index in [1.165, 1.54) is 30.2 Å². The number of hydrogen-bond donors (Lipinski definition) is 0. The van der Waals surface area contributed by atoms with Gasteiger partial charge in [0.15, 0.2) is 4.34 Å². The van der Waals surface area contributed by atoms with Crippen molar-refractivity contribution in [2.75, 3.05) is 19.5 Å². The van der Waals surface area contributed by atoms with Crippen LogP contribution in [0.4, 0.5) is 0 Å². The molecule has 6 nitrogen and oxygen atoms in total. The van der Waals surface area contributed by atoms with Crippen molar-refractivity contribution in [3.8, 4) is 0 Å². The number of oxime groups is 1. The van der Waals surface area contributed by atoms with Crippen LogP contribution in [0, 0.1) is 0 Å². The summed E-state index contributed by atoms with van der Waals surface area (Å²) in [6, 6.07) is 5.42. The third kappa shape index (κ3) is 4.66. The third-order valence-corrected chi connectivity index (χ3v) is 4.99. The molecule has 23 heavy (non-hydrogen) atoms. The molecule has 0 bridgehead atoms. The van der Waals surface area contributed by atoms with Gasteiger partial charge in [-0.1, -0.05) is 28.5 Å². The van der Waals surface area contributed by atoms with Gasteiger partial charge in [0.1, 0.15) is 7.11 Å². The molecule has 0 saturated heterocycles. The fourth-order valence-corrected chi connectivity index (χ4v) is 3.71. The summed E-state index contributed by atoms with van der Waals surface area (Å²) < 4.78 is 6.46. The summed E-state index contributed by atoms with van der Waals surface area (Å²) in [5.74, 6) is -1.27. The van der Waals surface area contributed by atoms with E-state index in [-0.39, 0.29) is 18.1 Å². The minimum absolute atomic E-state index is 0.00849. The molecule has 0 aliphatic heterocycles. The van der Waals surface area contributed by atoms with Gasteiger partial charge in [0.2, 0.25) is 11.5 Å². The first-order chi connectivity index (χ1) is 11.0. The fraction of sp³-hybridized carbons (Fsp3) is 0.286. The fourth-order valence-electron chi connectivity index (χ4n) is 1.63. The molecular weight excluding hydrogens is 360 g/mol. The van der Waals surface area contributed by atoms with Gasteiger partial charge in [-0.05, 0) is 25.1 Å². The smallest absolute Gasteiger partial charge is 0.364 e. The van der Waals surface area contributed by atoms with E-state index in [1.54, 1.807) is 19.1 Å². The summed E-state index contributed by atoms with van der Waals surface area (Å²) in [6.07, 6.45) is 0. The van der Waals surface area contributed by atoms with Crippen LogP contribution < -0.4 is 0 Å². The quantitative estimate of drug-likeness (QED) is 0.244.